The molecule has 0 spiro atoms. The highest BCUT2D eigenvalue weighted by atomic mass is 32.1. The Hall–Kier alpha value is -1.66. The predicted octanol–water partition coefficient (Wildman–Crippen LogP) is 1.90. The molecule has 0 bridgehead atoms. The molecule has 0 saturated carbocycles. The molecule has 0 unspecified atom stereocenters. The lowest BCUT2D eigenvalue weighted by molar-refractivity contribution is 0.0910. The van der Waals surface area contributed by atoms with Crippen molar-refractivity contribution >= 4 is 17.2 Å². The van der Waals surface area contributed by atoms with Gasteiger partial charge in [-0.15, -0.1) is 11.3 Å². The number of aliphatic hydroxyl groups is 1. The summed E-state index contributed by atoms with van der Waals surface area (Å²) < 4.78 is 5.21. The number of hydrogen-bond donors (Lipinski definition) is 2. The predicted molar refractivity (Wildman–Crippen MR) is 68.4 cm³/mol. The number of furan rings is 1. The Kier molecular flexibility index (Phi) is 4.11. The van der Waals surface area contributed by atoms with Crippen LogP contribution in [0.2, 0.25) is 0 Å². The van der Waals surface area contributed by atoms with Gasteiger partial charge in [0.2, 0.25) is 0 Å². The fourth-order valence-corrected chi connectivity index (χ4v) is 2.19. The Bertz CT molecular complexity index is 503. The van der Waals surface area contributed by atoms with Crippen LogP contribution >= 0.6 is 11.3 Å². The summed E-state index contributed by atoms with van der Waals surface area (Å²) in [6.45, 7) is 1.83. The molecule has 6 heteroatoms. The lowest BCUT2D eigenvalue weighted by Gasteiger charge is -2.12. The van der Waals surface area contributed by atoms with E-state index in [9.17, 15) is 4.79 Å². The van der Waals surface area contributed by atoms with Gasteiger partial charge in [0.05, 0.1) is 18.9 Å². The van der Waals surface area contributed by atoms with Crippen molar-refractivity contribution < 1.29 is 14.3 Å². The van der Waals surface area contributed by atoms with E-state index in [1.165, 1.54) is 11.3 Å². The number of aromatic nitrogens is 1. The molecule has 5 nitrogen and oxygen atoms in total. The number of amides is 1. The van der Waals surface area contributed by atoms with E-state index in [1.807, 2.05) is 6.92 Å². The summed E-state index contributed by atoms with van der Waals surface area (Å²) in [6, 6.07) is 3.34. The Morgan fingerprint density at radius 1 is 1.67 bits per heavy atom. The monoisotopic (exact) mass is 266 g/mol. The third kappa shape index (κ3) is 2.77. The van der Waals surface area contributed by atoms with Crippen molar-refractivity contribution in [3.8, 4) is 10.8 Å². The summed E-state index contributed by atoms with van der Waals surface area (Å²) in [5.74, 6) is 0.373. The smallest absolute Gasteiger partial charge is 0.271 e. The van der Waals surface area contributed by atoms with Gasteiger partial charge < -0.3 is 14.8 Å². The van der Waals surface area contributed by atoms with Gasteiger partial charge in [0.15, 0.2) is 10.8 Å². The minimum absolute atomic E-state index is 0.0720. The Balaban J connectivity index is 2.08. The quantitative estimate of drug-likeness (QED) is 0.866. The number of carbonyl (C=O) groups excluding carboxylic acids is 1. The van der Waals surface area contributed by atoms with E-state index in [2.05, 4.69) is 10.3 Å². The first kappa shape index (κ1) is 12.8. The molecule has 2 aromatic rings. The van der Waals surface area contributed by atoms with E-state index in [0.29, 0.717) is 22.9 Å². The fourth-order valence-electron chi connectivity index (χ4n) is 1.43. The van der Waals surface area contributed by atoms with Crippen LogP contribution in [0.3, 0.4) is 0 Å². The molecule has 1 atom stereocenters. The molecule has 0 aliphatic heterocycles. The van der Waals surface area contributed by atoms with Gasteiger partial charge in [-0.3, -0.25) is 4.79 Å². The number of nitrogens with zero attached hydrogens (tertiary/aromatic N) is 1. The molecule has 1 amide bonds. The molecule has 0 aromatic carbocycles. The van der Waals surface area contributed by atoms with E-state index >= 15 is 0 Å². The van der Waals surface area contributed by atoms with Gasteiger partial charge in [-0.25, -0.2) is 4.98 Å². The second kappa shape index (κ2) is 5.79. The zero-order chi connectivity index (χ0) is 13.0. The second-order valence-electron chi connectivity index (χ2n) is 3.78. The minimum Gasteiger partial charge on any atom is -0.462 e. The summed E-state index contributed by atoms with van der Waals surface area (Å²) in [6.07, 6.45) is 2.24. The fraction of sp³-hybridized carbons (Fsp3) is 0.333. The third-order valence-corrected chi connectivity index (χ3v) is 3.37. The van der Waals surface area contributed by atoms with Crippen molar-refractivity contribution in [3.05, 3.63) is 29.5 Å². The van der Waals surface area contributed by atoms with Gasteiger partial charge in [0, 0.05) is 5.38 Å². The summed E-state index contributed by atoms with van der Waals surface area (Å²) in [5.41, 5.74) is 0.346. The molecule has 0 saturated heterocycles. The molecule has 0 fully saturated rings. The average Bonchev–Trinajstić information content (AvgIpc) is 3.04. The highest BCUT2D eigenvalue weighted by molar-refractivity contribution is 7.13. The number of thiazole rings is 1. The summed E-state index contributed by atoms with van der Waals surface area (Å²) in [5, 5.41) is 14.1. The molecule has 18 heavy (non-hydrogen) atoms. The largest absolute Gasteiger partial charge is 0.462 e. The molecule has 2 rings (SSSR count). The maximum atomic E-state index is 11.8. The molecule has 0 aliphatic carbocycles. The molecular weight excluding hydrogens is 252 g/mol. The molecule has 2 heterocycles. The van der Waals surface area contributed by atoms with Crippen LogP contribution in [-0.4, -0.2) is 28.6 Å². The number of nitrogens with one attached hydrogen (secondary N) is 1. The Morgan fingerprint density at radius 3 is 3.11 bits per heavy atom. The molecular formula is C12H14N2O3S. The maximum absolute atomic E-state index is 11.8. The number of rotatable bonds is 5. The van der Waals surface area contributed by atoms with Crippen molar-refractivity contribution in [2.24, 2.45) is 0 Å². The Morgan fingerprint density at radius 2 is 2.50 bits per heavy atom. The molecule has 96 valence electrons. The zero-order valence-electron chi connectivity index (χ0n) is 9.92. The van der Waals surface area contributed by atoms with E-state index in [-0.39, 0.29) is 18.6 Å². The topological polar surface area (TPSA) is 75.4 Å². The first-order chi connectivity index (χ1) is 8.74. The van der Waals surface area contributed by atoms with Gasteiger partial charge in [-0.05, 0) is 18.6 Å². The summed E-state index contributed by atoms with van der Waals surface area (Å²) in [7, 11) is 0. The second-order valence-corrected chi connectivity index (χ2v) is 4.63. The number of aliphatic hydroxyl groups excluding tert-OH is 1. The standard InChI is InChI=1S/C12H14N2O3S/c1-2-8(6-15)13-11(16)9-7-18-12(14-9)10-4-3-5-17-10/h3-5,7-8,15H,2,6H2,1H3,(H,13,16)/t8-/m0/s1. The molecule has 2 N–H and O–H groups in total. The average molecular weight is 266 g/mol. The lowest BCUT2D eigenvalue weighted by Crippen LogP contribution is -2.37. The minimum atomic E-state index is -0.273. The van der Waals surface area contributed by atoms with Crippen LogP contribution in [0.1, 0.15) is 23.8 Å². The van der Waals surface area contributed by atoms with Gasteiger partial charge >= 0.3 is 0 Å². The van der Waals surface area contributed by atoms with Crippen LogP contribution in [0.25, 0.3) is 10.8 Å². The van der Waals surface area contributed by atoms with Crippen molar-refractivity contribution in [3.63, 3.8) is 0 Å². The van der Waals surface area contributed by atoms with Crippen LogP contribution in [0.4, 0.5) is 0 Å². The van der Waals surface area contributed by atoms with Crippen LogP contribution in [-0.2, 0) is 0 Å². The van der Waals surface area contributed by atoms with E-state index in [4.69, 9.17) is 9.52 Å². The lowest BCUT2D eigenvalue weighted by atomic mass is 10.2. The van der Waals surface area contributed by atoms with E-state index in [1.54, 1.807) is 23.8 Å². The first-order valence-corrected chi connectivity index (χ1v) is 6.53. The van der Waals surface area contributed by atoms with Crippen molar-refractivity contribution in [2.45, 2.75) is 19.4 Å². The Labute approximate surface area is 108 Å². The highest BCUT2D eigenvalue weighted by Gasteiger charge is 2.15. The van der Waals surface area contributed by atoms with Gasteiger partial charge in [-0.1, -0.05) is 6.92 Å². The number of hydrogen-bond acceptors (Lipinski definition) is 5. The van der Waals surface area contributed by atoms with E-state index < -0.39 is 0 Å². The van der Waals surface area contributed by atoms with Crippen LogP contribution < -0.4 is 5.32 Å². The van der Waals surface area contributed by atoms with Gasteiger partial charge in [0.1, 0.15) is 5.69 Å². The normalized spacial score (nSPS) is 12.3. The van der Waals surface area contributed by atoms with Crippen LogP contribution in [0.5, 0.6) is 0 Å². The third-order valence-electron chi connectivity index (χ3n) is 2.52. The summed E-state index contributed by atoms with van der Waals surface area (Å²) >= 11 is 1.35. The van der Waals surface area contributed by atoms with Crippen molar-refractivity contribution in [1.82, 2.24) is 10.3 Å². The van der Waals surface area contributed by atoms with Crippen molar-refractivity contribution in [2.75, 3.05) is 6.61 Å². The first-order valence-electron chi connectivity index (χ1n) is 5.65. The SMILES string of the molecule is CC[C@@H](CO)NC(=O)c1csc(-c2ccco2)n1. The van der Waals surface area contributed by atoms with E-state index in [0.717, 1.165) is 0 Å². The maximum Gasteiger partial charge on any atom is 0.271 e. The summed E-state index contributed by atoms with van der Waals surface area (Å²) in [4.78, 5) is 16.1. The number of carbonyl (C=O) groups is 1. The molecule has 2 aromatic heterocycles. The highest BCUT2D eigenvalue weighted by Crippen LogP contribution is 2.23. The molecule has 0 radical (unpaired) electrons. The van der Waals surface area contributed by atoms with Gasteiger partial charge in [0.25, 0.3) is 5.91 Å². The van der Waals surface area contributed by atoms with Crippen LogP contribution in [0.15, 0.2) is 28.2 Å². The van der Waals surface area contributed by atoms with Gasteiger partial charge in [-0.2, -0.15) is 0 Å². The zero-order valence-corrected chi connectivity index (χ0v) is 10.7. The van der Waals surface area contributed by atoms with Crippen LogP contribution in [0, 0.1) is 0 Å². The molecule has 0 aliphatic rings. The van der Waals surface area contributed by atoms with Crippen molar-refractivity contribution in [1.29, 1.82) is 0 Å².